The van der Waals surface area contributed by atoms with Crippen LogP contribution in [0.15, 0.2) is 0 Å². The van der Waals surface area contributed by atoms with Crippen molar-refractivity contribution in [3.05, 3.63) is 0 Å². The zero-order valence-electron chi connectivity index (χ0n) is 11.8. The van der Waals surface area contributed by atoms with E-state index in [9.17, 15) is 9.90 Å². The van der Waals surface area contributed by atoms with E-state index in [2.05, 4.69) is 11.8 Å². The van der Waals surface area contributed by atoms with Crippen LogP contribution in [0.2, 0.25) is 0 Å². The molecular formula is C15H27NO2. The molecule has 1 saturated heterocycles. The van der Waals surface area contributed by atoms with E-state index in [1.807, 2.05) is 6.92 Å². The lowest BCUT2D eigenvalue weighted by atomic mass is 9.80. The van der Waals surface area contributed by atoms with E-state index in [1.54, 1.807) is 0 Å². The minimum atomic E-state index is -0.625. The number of nitrogens with zero attached hydrogens (tertiary/aromatic N) is 1. The van der Waals surface area contributed by atoms with Gasteiger partial charge in [0.15, 0.2) is 0 Å². The summed E-state index contributed by atoms with van der Waals surface area (Å²) < 4.78 is 0. The molecule has 1 aliphatic carbocycles. The molecule has 2 fully saturated rings. The van der Waals surface area contributed by atoms with Gasteiger partial charge in [-0.2, -0.15) is 0 Å². The van der Waals surface area contributed by atoms with Gasteiger partial charge in [-0.1, -0.05) is 26.2 Å². The highest BCUT2D eigenvalue weighted by Crippen LogP contribution is 2.35. The molecule has 0 aromatic heterocycles. The molecule has 3 heteroatoms. The first-order valence-electron chi connectivity index (χ1n) is 7.49. The Morgan fingerprint density at radius 2 is 2.11 bits per heavy atom. The molecule has 0 radical (unpaired) electrons. The number of aliphatic carboxylic acids is 1. The zero-order valence-corrected chi connectivity index (χ0v) is 11.8. The number of hydrogen-bond acceptors (Lipinski definition) is 2. The topological polar surface area (TPSA) is 40.5 Å². The van der Waals surface area contributed by atoms with Crippen LogP contribution in [0.3, 0.4) is 0 Å². The van der Waals surface area contributed by atoms with E-state index in [4.69, 9.17) is 0 Å². The van der Waals surface area contributed by atoms with Crippen molar-refractivity contribution in [3.8, 4) is 0 Å². The number of hydrogen-bond donors (Lipinski definition) is 1. The Hall–Kier alpha value is -0.570. The third kappa shape index (κ3) is 3.05. The van der Waals surface area contributed by atoms with Crippen molar-refractivity contribution >= 4 is 5.97 Å². The summed E-state index contributed by atoms with van der Waals surface area (Å²) in [5, 5.41) is 9.25. The molecule has 18 heavy (non-hydrogen) atoms. The van der Waals surface area contributed by atoms with Crippen molar-refractivity contribution in [2.45, 2.75) is 52.4 Å². The van der Waals surface area contributed by atoms with Crippen LogP contribution in [0.5, 0.6) is 0 Å². The molecule has 1 heterocycles. The Morgan fingerprint density at radius 3 is 2.72 bits per heavy atom. The standard InChI is InChI=1S/C15H27NO2/c1-3-12-5-4-6-13(9-12)10-16-8-7-15(2,11-16)14(17)18/h12-13H,3-11H2,1-2H3,(H,17,18). The molecule has 2 rings (SSSR count). The lowest BCUT2D eigenvalue weighted by Gasteiger charge is -2.31. The summed E-state index contributed by atoms with van der Waals surface area (Å²) in [6.45, 7) is 7.03. The molecule has 1 N–H and O–H groups in total. The van der Waals surface area contributed by atoms with Crippen LogP contribution in [-0.4, -0.2) is 35.6 Å². The summed E-state index contributed by atoms with van der Waals surface area (Å²) in [6, 6.07) is 0. The van der Waals surface area contributed by atoms with Crippen molar-refractivity contribution in [1.82, 2.24) is 4.90 Å². The van der Waals surface area contributed by atoms with Gasteiger partial charge in [-0.25, -0.2) is 0 Å². The fourth-order valence-electron chi connectivity index (χ4n) is 3.69. The van der Waals surface area contributed by atoms with E-state index < -0.39 is 11.4 Å². The zero-order chi connectivity index (χ0) is 13.2. The first-order chi connectivity index (χ1) is 8.53. The van der Waals surface area contributed by atoms with Crippen molar-refractivity contribution in [1.29, 1.82) is 0 Å². The number of rotatable bonds is 4. The van der Waals surface area contributed by atoms with E-state index >= 15 is 0 Å². The molecule has 2 aliphatic rings. The summed E-state index contributed by atoms with van der Waals surface area (Å²) in [7, 11) is 0. The molecule has 3 atom stereocenters. The molecule has 1 saturated carbocycles. The fourth-order valence-corrected chi connectivity index (χ4v) is 3.69. The van der Waals surface area contributed by atoms with Crippen molar-refractivity contribution in [3.63, 3.8) is 0 Å². The molecular weight excluding hydrogens is 226 g/mol. The highest BCUT2D eigenvalue weighted by Gasteiger charge is 2.40. The summed E-state index contributed by atoms with van der Waals surface area (Å²) in [5.74, 6) is 1.09. The summed E-state index contributed by atoms with van der Waals surface area (Å²) in [4.78, 5) is 13.6. The van der Waals surface area contributed by atoms with E-state index in [0.29, 0.717) is 0 Å². The van der Waals surface area contributed by atoms with Gasteiger partial charge < -0.3 is 10.0 Å². The molecule has 0 amide bonds. The minimum Gasteiger partial charge on any atom is -0.481 e. The monoisotopic (exact) mass is 253 g/mol. The lowest BCUT2D eigenvalue weighted by Crippen LogP contribution is -2.35. The van der Waals surface area contributed by atoms with Gasteiger partial charge in [0, 0.05) is 13.1 Å². The lowest BCUT2D eigenvalue weighted by molar-refractivity contribution is -0.147. The summed E-state index contributed by atoms with van der Waals surface area (Å²) >= 11 is 0. The Bertz CT molecular complexity index is 305. The Morgan fingerprint density at radius 1 is 1.39 bits per heavy atom. The maximum Gasteiger partial charge on any atom is 0.310 e. The van der Waals surface area contributed by atoms with Crippen LogP contribution < -0.4 is 0 Å². The highest BCUT2D eigenvalue weighted by atomic mass is 16.4. The third-order valence-electron chi connectivity index (χ3n) is 5.05. The van der Waals surface area contributed by atoms with Gasteiger partial charge in [-0.3, -0.25) is 4.79 Å². The smallest absolute Gasteiger partial charge is 0.310 e. The third-order valence-corrected chi connectivity index (χ3v) is 5.05. The second-order valence-corrected chi connectivity index (χ2v) is 6.66. The molecule has 3 unspecified atom stereocenters. The largest absolute Gasteiger partial charge is 0.481 e. The van der Waals surface area contributed by atoms with Crippen molar-refractivity contribution in [2.75, 3.05) is 19.6 Å². The second-order valence-electron chi connectivity index (χ2n) is 6.66. The maximum absolute atomic E-state index is 11.2. The average Bonchev–Trinajstić information content (AvgIpc) is 2.72. The van der Waals surface area contributed by atoms with E-state index in [-0.39, 0.29) is 0 Å². The summed E-state index contributed by atoms with van der Waals surface area (Å²) in [5.41, 5.74) is -0.501. The fraction of sp³-hybridized carbons (Fsp3) is 0.933. The van der Waals surface area contributed by atoms with E-state index in [1.165, 1.54) is 32.1 Å². The first-order valence-corrected chi connectivity index (χ1v) is 7.49. The maximum atomic E-state index is 11.2. The molecule has 0 aromatic rings. The van der Waals surface area contributed by atoms with Crippen LogP contribution in [-0.2, 0) is 4.79 Å². The van der Waals surface area contributed by atoms with Gasteiger partial charge in [0.05, 0.1) is 5.41 Å². The molecule has 0 bridgehead atoms. The molecule has 0 spiro atoms. The van der Waals surface area contributed by atoms with Crippen LogP contribution in [0, 0.1) is 17.3 Å². The van der Waals surface area contributed by atoms with Crippen LogP contribution in [0.4, 0.5) is 0 Å². The van der Waals surface area contributed by atoms with Gasteiger partial charge >= 0.3 is 5.97 Å². The SMILES string of the molecule is CCC1CCCC(CN2CCC(C)(C(=O)O)C2)C1. The predicted octanol–water partition coefficient (Wildman–Crippen LogP) is 3.00. The van der Waals surface area contributed by atoms with Gasteiger partial charge in [-0.15, -0.1) is 0 Å². The van der Waals surface area contributed by atoms with Crippen LogP contribution in [0.1, 0.15) is 52.4 Å². The number of carboxylic acids is 1. The first kappa shape index (κ1) is 13.9. The Kier molecular flexibility index (Phi) is 4.31. The summed E-state index contributed by atoms with van der Waals surface area (Å²) in [6.07, 6.45) is 7.59. The van der Waals surface area contributed by atoms with Crippen LogP contribution in [0.25, 0.3) is 0 Å². The molecule has 3 nitrogen and oxygen atoms in total. The molecule has 104 valence electrons. The van der Waals surface area contributed by atoms with Crippen molar-refractivity contribution < 1.29 is 9.90 Å². The van der Waals surface area contributed by atoms with Crippen molar-refractivity contribution in [2.24, 2.45) is 17.3 Å². The average molecular weight is 253 g/mol. The van der Waals surface area contributed by atoms with Crippen LogP contribution >= 0.6 is 0 Å². The predicted molar refractivity (Wildman–Crippen MR) is 72.5 cm³/mol. The quantitative estimate of drug-likeness (QED) is 0.837. The number of likely N-dealkylation sites (tertiary alicyclic amines) is 1. The van der Waals surface area contributed by atoms with Gasteiger partial charge in [-0.05, 0) is 44.6 Å². The van der Waals surface area contributed by atoms with Gasteiger partial charge in [0.2, 0.25) is 0 Å². The number of carboxylic acid groups (broad SMARTS) is 1. The minimum absolute atomic E-state index is 0.501. The molecule has 0 aromatic carbocycles. The Labute approximate surface area is 111 Å². The Balaban J connectivity index is 1.82. The number of carbonyl (C=O) groups is 1. The van der Waals surface area contributed by atoms with Gasteiger partial charge in [0.1, 0.15) is 0 Å². The second kappa shape index (κ2) is 5.60. The highest BCUT2D eigenvalue weighted by molar-refractivity contribution is 5.74. The molecule has 1 aliphatic heterocycles. The van der Waals surface area contributed by atoms with Gasteiger partial charge in [0.25, 0.3) is 0 Å². The normalized spacial score (nSPS) is 37.9. The van der Waals surface area contributed by atoms with E-state index in [0.717, 1.165) is 37.9 Å².